The molecule has 0 bridgehead atoms. The molecular weight excluding hydrogens is 394 g/mol. The predicted octanol–water partition coefficient (Wildman–Crippen LogP) is 2.70. The van der Waals surface area contributed by atoms with Crippen LogP contribution in [-0.2, 0) is 28.3 Å². The first-order valence-electron chi connectivity index (χ1n) is 10.5. The number of hydrogen-bond donors (Lipinski definition) is 1. The van der Waals surface area contributed by atoms with Crippen LogP contribution in [0.2, 0.25) is 0 Å². The molecule has 0 amide bonds. The van der Waals surface area contributed by atoms with Gasteiger partial charge in [-0.1, -0.05) is 13.0 Å². The molecular formula is C24H25N3O4. The summed E-state index contributed by atoms with van der Waals surface area (Å²) in [7, 11) is 4.10. The van der Waals surface area contributed by atoms with Crippen LogP contribution in [-0.4, -0.2) is 39.6 Å². The van der Waals surface area contributed by atoms with E-state index in [1.165, 1.54) is 5.56 Å². The molecule has 0 radical (unpaired) electrons. The van der Waals surface area contributed by atoms with Crippen LogP contribution in [0, 0.1) is 0 Å². The molecule has 2 atom stereocenters. The number of ether oxygens (including phenoxy) is 1. The van der Waals surface area contributed by atoms with Crippen LogP contribution in [0.3, 0.4) is 0 Å². The number of carbonyl (C=O) groups excluding carboxylic acids is 1. The molecule has 5 rings (SSSR count). The topological polar surface area (TPSA) is 84.7 Å². The van der Waals surface area contributed by atoms with Crippen LogP contribution in [0.15, 0.2) is 35.1 Å². The third-order valence-electron chi connectivity index (χ3n) is 6.79. The van der Waals surface area contributed by atoms with Gasteiger partial charge in [0, 0.05) is 22.6 Å². The molecule has 1 aromatic carbocycles. The first kappa shape index (κ1) is 19.9. The molecule has 0 saturated carbocycles. The van der Waals surface area contributed by atoms with Gasteiger partial charge in [-0.05, 0) is 57.3 Å². The normalized spacial score (nSPS) is 20.4. The number of pyridine rings is 2. The van der Waals surface area contributed by atoms with Gasteiger partial charge in [0.25, 0.3) is 5.56 Å². The van der Waals surface area contributed by atoms with Crippen molar-refractivity contribution in [3.63, 3.8) is 0 Å². The fourth-order valence-corrected chi connectivity index (χ4v) is 4.56. The standard InChI is InChI=1S/C24H25N3O4/c1-5-24(30)18-10-20-21-16(11-27(20)22(28)17(18)12-31-23(24)29)9-15-8-14(13(2)26(3)4)6-7-19(15)25-21/h6-10,13,30H,5,11-12H2,1-4H3/t13-,24-/m0/s1. The SMILES string of the molecule is CC[C@@]1(O)C(=O)OCc2c1cc1n(c2=O)Cc2cc3cc([C@H](C)N(C)C)ccc3nc2-1. The first-order chi connectivity index (χ1) is 14.7. The second-order valence-corrected chi connectivity index (χ2v) is 8.69. The summed E-state index contributed by atoms with van der Waals surface area (Å²) in [5.74, 6) is -0.709. The third-order valence-corrected chi connectivity index (χ3v) is 6.79. The van der Waals surface area contributed by atoms with Crippen LogP contribution >= 0.6 is 0 Å². The largest absolute Gasteiger partial charge is 0.458 e. The summed E-state index contributed by atoms with van der Waals surface area (Å²) in [4.78, 5) is 32.5. The lowest BCUT2D eigenvalue weighted by Gasteiger charge is -2.31. The second kappa shape index (κ2) is 6.73. The Morgan fingerprint density at radius 1 is 1.26 bits per heavy atom. The number of aromatic nitrogens is 2. The Hall–Kier alpha value is -3.03. The van der Waals surface area contributed by atoms with E-state index in [1.54, 1.807) is 17.6 Å². The highest BCUT2D eigenvalue weighted by atomic mass is 16.6. The molecule has 0 unspecified atom stereocenters. The van der Waals surface area contributed by atoms with Gasteiger partial charge in [0.15, 0.2) is 5.60 Å². The number of nitrogens with zero attached hydrogens (tertiary/aromatic N) is 3. The van der Waals surface area contributed by atoms with Crippen molar-refractivity contribution in [1.82, 2.24) is 14.5 Å². The van der Waals surface area contributed by atoms with Crippen molar-refractivity contribution in [1.29, 1.82) is 0 Å². The van der Waals surface area contributed by atoms with E-state index >= 15 is 0 Å². The second-order valence-electron chi connectivity index (χ2n) is 8.69. The number of carbonyl (C=O) groups is 1. The highest BCUT2D eigenvalue weighted by molar-refractivity contribution is 5.86. The molecule has 2 aliphatic heterocycles. The minimum absolute atomic E-state index is 0.118. The Morgan fingerprint density at radius 3 is 2.74 bits per heavy atom. The fraction of sp³-hybridized carbons (Fsp3) is 0.375. The van der Waals surface area contributed by atoms with Crippen molar-refractivity contribution in [2.75, 3.05) is 14.1 Å². The van der Waals surface area contributed by atoms with E-state index < -0.39 is 11.6 Å². The van der Waals surface area contributed by atoms with Gasteiger partial charge in [-0.2, -0.15) is 0 Å². The summed E-state index contributed by atoms with van der Waals surface area (Å²) >= 11 is 0. The molecule has 7 nitrogen and oxygen atoms in total. The summed E-state index contributed by atoms with van der Waals surface area (Å²) in [6.45, 7) is 4.14. The molecule has 31 heavy (non-hydrogen) atoms. The van der Waals surface area contributed by atoms with E-state index in [0.717, 1.165) is 22.2 Å². The van der Waals surface area contributed by atoms with E-state index in [-0.39, 0.29) is 24.6 Å². The zero-order valence-corrected chi connectivity index (χ0v) is 18.1. The van der Waals surface area contributed by atoms with Crippen LogP contribution in [0.4, 0.5) is 0 Å². The maximum absolute atomic E-state index is 13.2. The molecule has 7 heteroatoms. The first-order valence-corrected chi connectivity index (χ1v) is 10.5. The molecule has 0 spiro atoms. The molecule has 1 N–H and O–H groups in total. The minimum Gasteiger partial charge on any atom is -0.458 e. The molecule has 0 fully saturated rings. The quantitative estimate of drug-likeness (QED) is 0.514. The maximum atomic E-state index is 13.2. The van der Waals surface area contributed by atoms with Crippen molar-refractivity contribution < 1.29 is 14.6 Å². The third kappa shape index (κ3) is 2.77. The summed E-state index contributed by atoms with van der Waals surface area (Å²) in [6, 6.07) is 10.3. The van der Waals surface area contributed by atoms with Gasteiger partial charge in [0.2, 0.25) is 0 Å². The summed E-state index contributed by atoms with van der Waals surface area (Å²) in [6.07, 6.45) is 0.132. The highest BCUT2D eigenvalue weighted by Crippen LogP contribution is 2.38. The number of aliphatic hydroxyl groups is 1. The molecule has 0 saturated heterocycles. The van der Waals surface area contributed by atoms with E-state index in [9.17, 15) is 14.7 Å². The Balaban J connectivity index is 1.69. The highest BCUT2D eigenvalue weighted by Gasteiger charge is 2.45. The average Bonchev–Trinajstić information content (AvgIpc) is 3.12. The Morgan fingerprint density at radius 2 is 2.03 bits per heavy atom. The number of esters is 1. The summed E-state index contributed by atoms with van der Waals surface area (Å²) in [5, 5.41) is 12.0. The van der Waals surface area contributed by atoms with Gasteiger partial charge in [0.05, 0.1) is 29.0 Å². The molecule has 4 heterocycles. The van der Waals surface area contributed by atoms with Gasteiger partial charge < -0.3 is 19.3 Å². The lowest BCUT2D eigenvalue weighted by atomic mass is 9.86. The maximum Gasteiger partial charge on any atom is 0.343 e. The van der Waals surface area contributed by atoms with Crippen molar-refractivity contribution >= 4 is 16.9 Å². The summed E-state index contributed by atoms with van der Waals surface area (Å²) < 4.78 is 6.79. The average molecular weight is 419 g/mol. The van der Waals surface area contributed by atoms with Gasteiger partial charge >= 0.3 is 5.97 Å². The molecule has 160 valence electrons. The van der Waals surface area contributed by atoms with E-state index in [1.807, 2.05) is 20.2 Å². The lowest BCUT2D eigenvalue weighted by Crippen LogP contribution is -2.44. The lowest BCUT2D eigenvalue weighted by molar-refractivity contribution is -0.172. The van der Waals surface area contributed by atoms with E-state index in [2.05, 4.69) is 30.0 Å². The van der Waals surface area contributed by atoms with Crippen molar-refractivity contribution in [2.24, 2.45) is 0 Å². The number of benzene rings is 1. The van der Waals surface area contributed by atoms with Gasteiger partial charge in [-0.15, -0.1) is 0 Å². The fourth-order valence-electron chi connectivity index (χ4n) is 4.56. The van der Waals surface area contributed by atoms with Crippen molar-refractivity contribution in [2.45, 2.75) is 45.1 Å². The van der Waals surface area contributed by atoms with Gasteiger partial charge in [-0.3, -0.25) is 4.79 Å². The van der Waals surface area contributed by atoms with Crippen LogP contribution in [0.1, 0.15) is 48.6 Å². The van der Waals surface area contributed by atoms with Crippen LogP contribution < -0.4 is 5.56 Å². The summed E-state index contributed by atoms with van der Waals surface area (Å²) in [5.41, 5.74) is 2.98. The number of cyclic esters (lactones) is 1. The Kier molecular flexibility index (Phi) is 4.32. The number of hydrogen-bond acceptors (Lipinski definition) is 6. The van der Waals surface area contributed by atoms with E-state index in [4.69, 9.17) is 9.72 Å². The Bertz CT molecular complexity index is 1310. The predicted molar refractivity (Wildman–Crippen MR) is 117 cm³/mol. The zero-order valence-electron chi connectivity index (χ0n) is 18.1. The van der Waals surface area contributed by atoms with Crippen molar-refractivity contribution in [3.8, 4) is 11.4 Å². The molecule has 0 aliphatic carbocycles. The van der Waals surface area contributed by atoms with Crippen LogP contribution in [0.5, 0.6) is 0 Å². The molecule has 3 aromatic rings. The minimum atomic E-state index is -1.81. The van der Waals surface area contributed by atoms with Crippen LogP contribution in [0.25, 0.3) is 22.3 Å². The number of rotatable bonds is 3. The Labute approximate surface area is 179 Å². The van der Waals surface area contributed by atoms with E-state index in [0.29, 0.717) is 23.4 Å². The molecule has 2 aliphatic rings. The smallest absolute Gasteiger partial charge is 0.343 e. The monoisotopic (exact) mass is 419 g/mol. The molecule has 2 aromatic heterocycles. The van der Waals surface area contributed by atoms with Gasteiger partial charge in [0.1, 0.15) is 6.61 Å². The van der Waals surface area contributed by atoms with Gasteiger partial charge in [-0.25, -0.2) is 9.78 Å². The number of fused-ring (bicyclic) bond motifs is 5. The van der Waals surface area contributed by atoms with Crippen molar-refractivity contribution in [3.05, 3.63) is 62.9 Å². The zero-order chi connectivity index (χ0) is 22.1.